The molecule has 0 aromatic rings. The number of nitrogens with zero attached hydrogens (tertiary/aromatic N) is 2. The zero-order valence-electron chi connectivity index (χ0n) is 11.8. The van der Waals surface area contributed by atoms with Crippen molar-refractivity contribution in [2.45, 2.75) is 51.6 Å². The lowest BCUT2D eigenvalue weighted by molar-refractivity contribution is -0.135. The highest BCUT2D eigenvalue weighted by Crippen LogP contribution is 2.24. The second-order valence-electron chi connectivity index (χ2n) is 6.07. The van der Waals surface area contributed by atoms with Gasteiger partial charge in [0.2, 0.25) is 5.91 Å². The van der Waals surface area contributed by atoms with E-state index < -0.39 is 0 Å². The van der Waals surface area contributed by atoms with E-state index in [9.17, 15) is 4.79 Å². The van der Waals surface area contributed by atoms with E-state index in [1.165, 1.54) is 25.7 Å². The SMILES string of the molecule is CC(C)[C@@H](N)C(=O)N1CCN(C2CCCC2)CC1. The average Bonchev–Trinajstić information content (AvgIpc) is 2.91. The van der Waals surface area contributed by atoms with Crippen LogP contribution in [0.15, 0.2) is 0 Å². The number of rotatable bonds is 3. The van der Waals surface area contributed by atoms with Crippen LogP contribution in [0.1, 0.15) is 39.5 Å². The lowest BCUT2D eigenvalue weighted by atomic mass is 10.0. The average molecular weight is 253 g/mol. The summed E-state index contributed by atoms with van der Waals surface area (Å²) in [6.07, 6.45) is 5.45. The van der Waals surface area contributed by atoms with E-state index in [4.69, 9.17) is 5.73 Å². The third-order valence-corrected chi connectivity index (χ3v) is 4.47. The maximum absolute atomic E-state index is 12.1. The smallest absolute Gasteiger partial charge is 0.239 e. The molecule has 18 heavy (non-hydrogen) atoms. The van der Waals surface area contributed by atoms with E-state index in [2.05, 4.69) is 4.90 Å². The number of hydrogen-bond donors (Lipinski definition) is 1. The van der Waals surface area contributed by atoms with Crippen molar-refractivity contribution in [1.82, 2.24) is 9.80 Å². The number of hydrogen-bond acceptors (Lipinski definition) is 3. The van der Waals surface area contributed by atoms with E-state index in [1.807, 2.05) is 18.7 Å². The minimum atomic E-state index is -0.331. The monoisotopic (exact) mass is 253 g/mol. The van der Waals surface area contributed by atoms with Gasteiger partial charge in [-0.15, -0.1) is 0 Å². The second-order valence-corrected chi connectivity index (χ2v) is 6.07. The molecule has 1 heterocycles. The summed E-state index contributed by atoms with van der Waals surface area (Å²) in [7, 11) is 0. The molecule has 0 spiro atoms. The van der Waals surface area contributed by atoms with E-state index in [0.717, 1.165) is 32.2 Å². The molecule has 0 unspecified atom stereocenters. The Morgan fingerprint density at radius 3 is 2.17 bits per heavy atom. The quantitative estimate of drug-likeness (QED) is 0.818. The molecule has 0 aromatic carbocycles. The molecule has 4 nitrogen and oxygen atoms in total. The molecule has 0 radical (unpaired) electrons. The van der Waals surface area contributed by atoms with E-state index in [1.54, 1.807) is 0 Å². The van der Waals surface area contributed by atoms with Gasteiger partial charge in [0.05, 0.1) is 6.04 Å². The zero-order chi connectivity index (χ0) is 13.1. The molecule has 1 aliphatic carbocycles. The molecule has 1 aliphatic heterocycles. The molecule has 2 rings (SSSR count). The van der Waals surface area contributed by atoms with Gasteiger partial charge in [-0.25, -0.2) is 0 Å². The Hall–Kier alpha value is -0.610. The van der Waals surface area contributed by atoms with Gasteiger partial charge in [0.25, 0.3) is 0 Å². The van der Waals surface area contributed by atoms with Crippen molar-refractivity contribution < 1.29 is 4.79 Å². The normalized spacial score (nSPS) is 24.8. The molecular formula is C14H27N3O. The van der Waals surface area contributed by atoms with Crippen LogP contribution in [0, 0.1) is 5.92 Å². The molecule has 1 amide bonds. The first-order chi connectivity index (χ1) is 8.59. The van der Waals surface area contributed by atoms with Crippen LogP contribution in [0.2, 0.25) is 0 Å². The van der Waals surface area contributed by atoms with Crippen molar-refractivity contribution in [2.24, 2.45) is 11.7 Å². The zero-order valence-corrected chi connectivity index (χ0v) is 11.8. The molecule has 104 valence electrons. The predicted molar refractivity (Wildman–Crippen MR) is 73.2 cm³/mol. The lowest BCUT2D eigenvalue weighted by Crippen LogP contribution is -2.55. The van der Waals surface area contributed by atoms with Gasteiger partial charge in [0.1, 0.15) is 0 Å². The maximum atomic E-state index is 12.1. The van der Waals surface area contributed by atoms with Crippen molar-refractivity contribution in [2.75, 3.05) is 26.2 Å². The molecule has 2 aliphatic rings. The number of piperazine rings is 1. The number of carbonyl (C=O) groups excluding carboxylic acids is 1. The first-order valence-corrected chi connectivity index (χ1v) is 7.38. The van der Waals surface area contributed by atoms with Crippen LogP contribution in [-0.2, 0) is 4.79 Å². The highest BCUT2D eigenvalue weighted by molar-refractivity contribution is 5.82. The summed E-state index contributed by atoms with van der Waals surface area (Å²) in [6.45, 7) is 7.79. The molecule has 1 atom stereocenters. The molecule has 0 bridgehead atoms. The van der Waals surface area contributed by atoms with E-state index in [-0.39, 0.29) is 17.9 Å². The van der Waals surface area contributed by atoms with Crippen LogP contribution in [0.25, 0.3) is 0 Å². The van der Waals surface area contributed by atoms with Crippen molar-refractivity contribution in [3.05, 3.63) is 0 Å². The van der Waals surface area contributed by atoms with E-state index in [0.29, 0.717) is 0 Å². The fourth-order valence-corrected chi connectivity index (χ4v) is 3.07. The van der Waals surface area contributed by atoms with Gasteiger partial charge in [0.15, 0.2) is 0 Å². The molecule has 4 heteroatoms. The Morgan fingerprint density at radius 1 is 1.11 bits per heavy atom. The third-order valence-electron chi connectivity index (χ3n) is 4.47. The molecule has 1 saturated heterocycles. The van der Waals surface area contributed by atoms with Gasteiger partial charge in [-0.05, 0) is 18.8 Å². The van der Waals surface area contributed by atoms with Gasteiger partial charge in [-0.3, -0.25) is 9.69 Å². The topological polar surface area (TPSA) is 49.6 Å². The first kappa shape index (κ1) is 13.8. The minimum Gasteiger partial charge on any atom is -0.339 e. The molecule has 2 N–H and O–H groups in total. The van der Waals surface area contributed by atoms with Gasteiger partial charge in [0, 0.05) is 32.2 Å². The fourth-order valence-electron chi connectivity index (χ4n) is 3.07. The molecule has 2 fully saturated rings. The first-order valence-electron chi connectivity index (χ1n) is 7.38. The van der Waals surface area contributed by atoms with Crippen LogP contribution in [0.4, 0.5) is 0 Å². The standard InChI is InChI=1S/C14H27N3O/c1-11(2)13(15)14(18)17-9-7-16(8-10-17)12-5-3-4-6-12/h11-13H,3-10,15H2,1-2H3/t13-/m1/s1. The summed E-state index contributed by atoms with van der Waals surface area (Å²) < 4.78 is 0. The fraction of sp³-hybridized carbons (Fsp3) is 0.929. The Balaban J connectivity index is 1.80. The van der Waals surface area contributed by atoms with E-state index >= 15 is 0 Å². The highest BCUT2D eigenvalue weighted by atomic mass is 16.2. The Kier molecular flexibility index (Phi) is 4.62. The molecule has 1 saturated carbocycles. The predicted octanol–water partition coefficient (Wildman–Crippen LogP) is 1.06. The Labute approximate surface area is 110 Å². The minimum absolute atomic E-state index is 0.135. The van der Waals surface area contributed by atoms with Crippen molar-refractivity contribution in [1.29, 1.82) is 0 Å². The highest BCUT2D eigenvalue weighted by Gasteiger charge is 2.30. The van der Waals surface area contributed by atoms with Crippen LogP contribution in [-0.4, -0.2) is 54.0 Å². The Bertz CT molecular complexity index is 279. The number of carbonyl (C=O) groups is 1. The van der Waals surface area contributed by atoms with Crippen molar-refractivity contribution in [3.63, 3.8) is 0 Å². The van der Waals surface area contributed by atoms with Crippen LogP contribution >= 0.6 is 0 Å². The number of nitrogens with two attached hydrogens (primary N) is 1. The second kappa shape index (κ2) is 6.02. The van der Waals surface area contributed by atoms with Crippen LogP contribution < -0.4 is 5.73 Å². The van der Waals surface area contributed by atoms with Gasteiger partial charge < -0.3 is 10.6 Å². The summed E-state index contributed by atoms with van der Waals surface area (Å²) in [6, 6.07) is 0.448. The summed E-state index contributed by atoms with van der Waals surface area (Å²) in [4.78, 5) is 16.7. The largest absolute Gasteiger partial charge is 0.339 e. The third kappa shape index (κ3) is 3.04. The lowest BCUT2D eigenvalue weighted by Gasteiger charge is -2.39. The summed E-state index contributed by atoms with van der Waals surface area (Å²) >= 11 is 0. The van der Waals surface area contributed by atoms with Gasteiger partial charge >= 0.3 is 0 Å². The van der Waals surface area contributed by atoms with Gasteiger partial charge in [-0.1, -0.05) is 26.7 Å². The number of amides is 1. The maximum Gasteiger partial charge on any atom is 0.239 e. The summed E-state index contributed by atoms with van der Waals surface area (Å²) in [5.41, 5.74) is 5.94. The van der Waals surface area contributed by atoms with Crippen molar-refractivity contribution >= 4 is 5.91 Å². The molecular weight excluding hydrogens is 226 g/mol. The summed E-state index contributed by atoms with van der Waals surface area (Å²) in [5.74, 6) is 0.362. The van der Waals surface area contributed by atoms with Gasteiger partial charge in [-0.2, -0.15) is 0 Å². The van der Waals surface area contributed by atoms with Crippen LogP contribution in [0.3, 0.4) is 0 Å². The Morgan fingerprint density at radius 2 is 1.67 bits per heavy atom. The molecule has 0 aromatic heterocycles. The van der Waals surface area contributed by atoms with Crippen LogP contribution in [0.5, 0.6) is 0 Å². The summed E-state index contributed by atoms with van der Waals surface area (Å²) in [5, 5.41) is 0. The van der Waals surface area contributed by atoms with Crippen molar-refractivity contribution in [3.8, 4) is 0 Å².